The minimum Gasteiger partial charge on any atom is -0.379 e. The normalized spacial score (nSPS) is 11.2. The van der Waals surface area contributed by atoms with Crippen molar-refractivity contribution >= 4 is 45.4 Å². The third-order valence-electron chi connectivity index (χ3n) is 4.04. The van der Waals surface area contributed by atoms with Crippen molar-refractivity contribution in [2.75, 3.05) is 5.32 Å². The van der Waals surface area contributed by atoms with Gasteiger partial charge in [-0.15, -0.1) is 0 Å². The monoisotopic (exact) mass is 471 g/mol. The van der Waals surface area contributed by atoms with E-state index in [0.717, 1.165) is 0 Å². The first-order chi connectivity index (χ1) is 15.2. The first-order valence-corrected chi connectivity index (χ1v) is 11.0. The van der Waals surface area contributed by atoms with E-state index in [-0.39, 0.29) is 16.6 Å². The summed E-state index contributed by atoms with van der Waals surface area (Å²) in [5.41, 5.74) is 3.89. The van der Waals surface area contributed by atoms with Gasteiger partial charge in [-0.25, -0.2) is 5.43 Å². The first-order valence-electron chi connectivity index (χ1n) is 9.24. The molecule has 0 spiro atoms. The molecule has 3 aromatic rings. The highest BCUT2D eigenvalue weighted by molar-refractivity contribution is 7.87. The smallest absolute Gasteiger partial charge is 0.339 e. The Kier molecular flexibility index (Phi) is 7.24. The highest BCUT2D eigenvalue weighted by Crippen LogP contribution is 2.20. The van der Waals surface area contributed by atoms with E-state index in [2.05, 4.69) is 15.8 Å². The Hall–Kier alpha value is -3.69. The first kappa shape index (κ1) is 23.0. The van der Waals surface area contributed by atoms with Crippen molar-refractivity contribution in [2.45, 2.75) is 11.8 Å². The quantitative estimate of drug-likeness (QED) is 0.309. The lowest BCUT2D eigenvalue weighted by Gasteiger charge is -2.08. The van der Waals surface area contributed by atoms with Crippen LogP contribution in [-0.4, -0.2) is 26.4 Å². The predicted octanol–water partition coefficient (Wildman–Crippen LogP) is 3.83. The molecule has 8 nitrogen and oxygen atoms in total. The van der Waals surface area contributed by atoms with Gasteiger partial charge in [0.1, 0.15) is 10.6 Å². The number of halogens is 1. The lowest BCUT2D eigenvalue weighted by molar-refractivity contribution is -0.114. The molecule has 0 aliphatic heterocycles. The van der Waals surface area contributed by atoms with E-state index >= 15 is 0 Å². The molecule has 2 amide bonds. The zero-order valence-electron chi connectivity index (χ0n) is 16.8. The summed E-state index contributed by atoms with van der Waals surface area (Å²) in [7, 11) is -4.05. The predicted molar refractivity (Wildman–Crippen MR) is 122 cm³/mol. The van der Waals surface area contributed by atoms with E-state index in [1.54, 1.807) is 36.4 Å². The van der Waals surface area contributed by atoms with E-state index < -0.39 is 16.0 Å². The standard InChI is InChI=1S/C22H18ClN3O5S/c1-15(27)25-19-8-12-21(13-9-19)32(29,30)31-20-10-2-16(3-11-20)14-24-26-22(28)17-4-6-18(23)7-5-17/h2-14H,1H3,(H,25,27)(H,26,28)/b24-14-. The average molecular weight is 472 g/mol. The summed E-state index contributed by atoms with van der Waals surface area (Å²) in [6.45, 7) is 1.36. The fourth-order valence-electron chi connectivity index (χ4n) is 2.52. The van der Waals surface area contributed by atoms with Crippen molar-refractivity contribution in [3.05, 3.63) is 88.9 Å². The maximum absolute atomic E-state index is 12.4. The lowest BCUT2D eigenvalue weighted by atomic mass is 10.2. The van der Waals surface area contributed by atoms with E-state index in [9.17, 15) is 18.0 Å². The zero-order valence-corrected chi connectivity index (χ0v) is 18.4. The van der Waals surface area contributed by atoms with Crippen LogP contribution < -0.4 is 14.9 Å². The summed E-state index contributed by atoms with van der Waals surface area (Å²) >= 11 is 5.79. The molecule has 0 unspecified atom stereocenters. The number of anilines is 1. The van der Waals surface area contributed by atoms with Crippen molar-refractivity contribution in [3.63, 3.8) is 0 Å². The van der Waals surface area contributed by atoms with Gasteiger partial charge in [-0.3, -0.25) is 9.59 Å². The van der Waals surface area contributed by atoms with Crippen LogP contribution in [0.25, 0.3) is 0 Å². The molecule has 0 saturated carbocycles. The van der Waals surface area contributed by atoms with Crippen LogP contribution in [0.15, 0.2) is 82.8 Å². The fourth-order valence-corrected chi connectivity index (χ4v) is 3.58. The van der Waals surface area contributed by atoms with Gasteiger partial charge in [-0.1, -0.05) is 11.6 Å². The molecule has 0 atom stereocenters. The number of hydrogen-bond acceptors (Lipinski definition) is 6. The molecule has 0 radical (unpaired) electrons. The summed E-state index contributed by atoms with van der Waals surface area (Å²) in [6, 6.07) is 18.1. The van der Waals surface area contributed by atoms with Gasteiger partial charge >= 0.3 is 10.1 Å². The number of carbonyl (C=O) groups is 2. The lowest BCUT2D eigenvalue weighted by Crippen LogP contribution is -2.17. The number of amides is 2. The number of benzene rings is 3. The molecule has 10 heteroatoms. The molecule has 0 heterocycles. The zero-order chi connectivity index (χ0) is 23.1. The number of nitrogens with zero attached hydrogens (tertiary/aromatic N) is 1. The Morgan fingerprint density at radius 3 is 2.16 bits per heavy atom. The summed E-state index contributed by atoms with van der Waals surface area (Å²) < 4.78 is 30.0. The largest absolute Gasteiger partial charge is 0.379 e. The molecular formula is C22H18ClN3O5S. The van der Waals surface area contributed by atoms with E-state index in [1.807, 2.05) is 0 Å². The van der Waals surface area contributed by atoms with Crippen LogP contribution in [0.3, 0.4) is 0 Å². The van der Waals surface area contributed by atoms with Crippen molar-refractivity contribution in [1.82, 2.24) is 5.43 Å². The van der Waals surface area contributed by atoms with Gasteiger partial charge in [0, 0.05) is 23.2 Å². The van der Waals surface area contributed by atoms with Crippen molar-refractivity contribution in [2.24, 2.45) is 5.10 Å². The number of hydrogen-bond donors (Lipinski definition) is 2. The maximum atomic E-state index is 12.4. The van der Waals surface area contributed by atoms with Gasteiger partial charge in [0.05, 0.1) is 6.21 Å². The second-order valence-corrected chi connectivity index (χ2v) is 8.50. The average Bonchev–Trinajstić information content (AvgIpc) is 2.75. The molecule has 0 saturated heterocycles. The molecule has 0 aliphatic rings. The number of carbonyl (C=O) groups excluding carboxylic acids is 2. The minimum atomic E-state index is -4.05. The van der Waals surface area contributed by atoms with Gasteiger partial charge in [-0.2, -0.15) is 13.5 Å². The maximum Gasteiger partial charge on any atom is 0.339 e. The SMILES string of the molecule is CC(=O)Nc1ccc(S(=O)(=O)Oc2ccc(/C=N\NC(=O)c3ccc(Cl)cc3)cc2)cc1. The number of hydrazone groups is 1. The van der Waals surface area contributed by atoms with Gasteiger partial charge in [-0.05, 0) is 78.4 Å². The summed E-state index contributed by atoms with van der Waals surface area (Å²) in [5, 5.41) is 6.95. The van der Waals surface area contributed by atoms with Crippen LogP contribution in [0, 0.1) is 0 Å². The molecule has 32 heavy (non-hydrogen) atoms. The summed E-state index contributed by atoms with van der Waals surface area (Å²) in [4.78, 5) is 23.0. The number of rotatable bonds is 7. The van der Waals surface area contributed by atoms with Gasteiger partial charge in [0.2, 0.25) is 5.91 Å². The Morgan fingerprint density at radius 1 is 0.938 bits per heavy atom. The van der Waals surface area contributed by atoms with E-state index in [1.165, 1.54) is 49.5 Å². The van der Waals surface area contributed by atoms with E-state index in [4.69, 9.17) is 15.8 Å². The van der Waals surface area contributed by atoms with Crippen LogP contribution in [-0.2, 0) is 14.9 Å². The van der Waals surface area contributed by atoms with Crippen LogP contribution >= 0.6 is 11.6 Å². The van der Waals surface area contributed by atoms with Crippen LogP contribution in [0.5, 0.6) is 5.75 Å². The topological polar surface area (TPSA) is 114 Å². The molecule has 3 aromatic carbocycles. The second-order valence-electron chi connectivity index (χ2n) is 6.52. The molecule has 0 fully saturated rings. The Labute approximate surface area is 190 Å². The van der Waals surface area contributed by atoms with Gasteiger partial charge < -0.3 is 9.50 Å². The van der Waals surface area contributed by atoms with Crippen LogP contribution in [0.2, 0.25) is 5.02 Å². The second kappa shape index (κ2) is 10.1. The Morgan fingerprint density at radius 2 is 1.56 bits per heavy atom. The van der Waals surface area contributed by atoms with E-state index in [0.29, 0.717) is 21.8 Å². The number of nitrogens with one attached hydrogen (secondary N) is 2. The van der Waals surface area contributed by atoms with Crippen LogP contribution in [0.1, 0.15) is 22.8 Å². The van der Waals surface area contributed by atoms with Crippen molar-refractivity contribution < 1.29 is 22.2 Å². The molecular weight excluding hydrogens is 454 g/mol. The van der Waals surface area contributed by atoms with Crippen molar-refractivity contribution in [1.29, 1.82) is 0 Å². The molecule has 0 aromatic heterocycles. The summed E-state index contributed by atoms with van der Waals surface area (Å²) in [5.74, 6) is -0.545. The Balaban J connectivity index is 1.60. The minimum absolute atomic E-state index is 0.0536. The van der Waals surface area contributed by atoms with Crippen LogP contribution in [0.4, 0.5) is 5.69 Å². The molecule has 2 N–H and O–H groups in total. The third kappa shape index (κ3) is 6.40. The summed E-state index contributed by atoms with van der Waals surface area (Å²) in [6.07, 6.45) is 1.41. The highest BCUT2D eigenvalue weighted by Gasteiger charge is 2.16. The molecule has 3 rings (SSSR count). The van der Waals surface area contributed by atoms with Gasteiger partial charge in [0.15, 0.2) is 0 Å². The van der Waals surface area contributed by atoms with Gasteiger partial charge in [0.25, 0.3) is 5.91 Å². The Bertz CT molecular complexity index is 1240. The third-order valence-corrected chi connectivity index (χ3v) is 5.55. The highest BCUT2D eigenvalue weighted by atomic mass is 35.5. The fraction of sp³-hybridized carbons (Fsp3) is 0.0455. The molecule has 164 valence electrons. The molecule has 0 aliphatic carbocycles. The van der Waals surface area contributed by atoms with Crippen molar-refractivity contribution in [3.8, 4) is 5.75 Å². The molecule has 0 bridgehead atoms.